The lowest BCUT2D eigenvalue weighted by Crippen LogP contribution is -2.28. The Kier molecular flexibility index (Phi) is 24.1. The molecule has 0 heterocycles. The van der Waals surface area contributed by atoms with Crippen molar-refractivity contribution in [2.24, 2.45) is 0 Å². The minimum atomic E-state index is -0.919. The van der Waals surface area contributed by atoms with Gasteiger partial charge >= 0.3 is 11.9 Å². The Morgan fingerprint density at radius 3 is 1.62 bits per heavy atom. The van der Waals surface area contributed by atoms with Crippen LogP contribution < -0.4 is 0 Å². The van der Waals surface area contributed by atoms with Crippen molar-refractivity contribution in [3.05, 3.63) is 0 Å². The summed E-state index contributed by atoms with van der Waals surface area (Å²) in [5.74, 6) is 28.0. The first kappa shape index (κ1) is 33.3. The fourth-order valence-corrected chi connectivity index (χ4v) is 3.08. The molecule has 5 heteroatoms. The van der Waals surface area contributed by atoms with Gasteiger partial charge in [-0.25, -0.2) is 4.79 Å². The molecule has 0 saturated heterocycles. The predicted octanol–water partition coefficient (Wildman–Crippen LogP) is 4.57. The van der Waals surface area contributed by atoms with Crippen molar-refractivity contribution in [1.82, 2.24) is 0 Å². The molecule has 0 aromatic heterocycles. The molecule has 0 aromatic rings. The number of aliphatic hydroxyl groups excluding tert-OH is 1. The van der Waals surface area contributed by atoms with E-state index in [4.69, 9.17) is 9.47 Å². The zero-order valence-corrected chi connectivity index (χ0v) is 22.3. The van der Waals surface area contributed by atoms with E-state index in [-0.39, 0.29) is 13.0 Å². The standard InChI is InChI=1S/C32H38O5/c1-3-5-7-9-11-13-15-17-19-21-23-25-27-32(35)37-30(28-33)29-36-31(34)26-24-22-20-18-16-14-12-10-8-6-4-2/h30,33H,3,5,7,9,11,13,15,17,19,21,23,25,27-29H2,1-2H3/t30-/m0/s1. The Labute approximate surface area is 223 Å². The van der Waals surface area contributed by atoms with Crippen molar-refractivity contribution in [1.29, 1.82) is 0 Å². The number of esters is 2. The molecule has 0 amide bonds. The summed E-state index contributed by atoms with van der Waals surface area (Å²) in [6.07, 6.45) is 13.9. The van der Waals surface area contributed by atoms with Crippen LogP contribution in [0.25, 0.3) is 0 Å². The maximum Gasteiger partial charge on any atom is 0.385 e. The second-order valence-electron chi connectivity index (χ2n) is 8.16. The molecular weight excluding hydrogens is 464 g/mol. The maximum atomic E-state index is 12.0. The van der Waals surface area contributed by atoms with E-state index in [9.17, 15) is 14.7 Å². The van der Waals surface area contributed by atoms with Crippen LogP contribution >= 0.6 is 0 Å². The van der Waals surface area contributed by atoms with E-state index in [0.717, 1.165) is 19.3 Å². The molecule has 1 atom stereocenters. The van der Waals surface area contributed by atoms with Gasteiger partial charge in [-0.1, -0.05) is 83.5 Å². The Morgan fingerprint density at radius 1 is 0.676 bits per heavy atom. The van der Waals surface area contributed by atoms with Gasteiger partial charge in [0.25, 0.3) is 0 Å². The molecule has 37 heavy (non-hydrogen) atoms. The summed E-state index contributed by atoms with van der Waals surface area (Å²) >= 11 is 0. The van der Waals surface area contributed by atoms with Crippen molar-refractivity contribution in [3.63, 3.8) is 0 Å². The van der Waals surface area contributed by atoms with Gasteiger partial charge in [-0.2, -0.15) is 0 Å². The molecule has 0 saturated carbocycles. The zero-order chi connectivity index (χ0) is 27.2. The number of unbranched alkanes of at least 4 members (excludes halogenated alkanes) is 11. The van der Waals surface area contributed by atoms with Crippen LogP contribution in [0, 0.1) is 71.0 Å². The Balaban J connectivity index is 3.98. The van der Waals surface area contributed by atoms with Crippen LogP contribution in [0.5, 0.6) is 0 Å². The van der Waals surface area contributed by atoms with E-state index in [1.54, 1.807) is 6.92 Å². The van der Waals surface area contributed by atoms with Crippen LogP contribution in [-0.4, -0.2) is 36.4 Å². The van der Waals surface area contributed by atoms with Crippen molar-refractivity contribution in [3.8, 4) is 71.0 Å². The zero-order valence-electron chi connectivity index (χ0n) is 22.3. The number of hydrogen-bond acceptors (Lipinski definition) is 5. The monoisotopic (exact) mass is 502 g/mol. The molecule has 0 aliphatic rings. The fraction of sp³-hybridized carbons (Fsp3) is 0.562. The third-order valence-corrected chi connectivity index (χ3v) is 4.99. The van der Waals surface area contributed by atoms with Gasteiger partial charge in [0, 0.05) is 12.3 Å². The summed E-state index contributed by atoms with van der Waals surface area (Å²) in [6, 6.07) is 0. The topological polar surface area (TPSA) is 72.8 Å². The van der Waals surface area contributed by atoms with Crippen molar-refractivity contribution < 1.29 is 24.2 Å². The molecule has 0 rings (SSSR count). The van der Waals surface area contributed by atoms with Crippen LogP contribution in [-0.2, 0) is 19.1 Å². The highest BCUT2D eigenvalue weighted by molar-refractivity contribution is 5.89. The first-order valence-corrected chi connectivity index (χ1v) is 13.0. The van der Waals surface area contributed by atoms with Gasteiger partial charge < -0.3 is 14.6 Å². The molecule has 1 N–H and O–H groups in total. The average molecular weight is 503 g/mol. The fourth-order valence-electron chi connectivity index (χ4n) is 3.08. The predicted molar refractivity (Wildman–Crippen MR) is 146 cm³/mol. The van der Waals surface area contributed by atoms with Crippen LogP contribution in [0.1, 0.15) is 97.3 Å². The number of ether oxygens (including phenoxy) is 2. The van der Waals surface area contributed by atoms with E-state index >= 15 is 0 Å². The van der Waals surface area contributed by atoms with E-state index in [1.165, 1.54) is 57.8 Å². The van der Waals surface area contributed by atoms with E-state index in [2.05, 4.69) is 78.0 Å². The molecule has 0 radical (unpaired) electrons. The molecule has 0 fully saturated rings. The molecular formula is C32H38O5. The lowest BCUT2D eigenvalue weighted by molar-refractivity contribution is -0.159. The number of rotatable bonds is 17. The van der Waals surface area contributed by atoms with Gasteiger partial charge in [-0.15, -0.1) is 0 Å². The first-order valence-electron chi connectivity index (χ1n) is 13.0. The highest BCUT2D eigenvalue weighted by atomic mass is 16.6. The van der Waals surface area contributed by atoms with Crippen molar-refractivity contribution in [2.75, 3.05) is 13.2 Å². The minimum Gasteiger partial charge on any atom is -0.456 e. The van der Waals surface area contributed by atoms with Gasteiger partial charge in [-0.05, 0) is 72.5 Å². The molecule has 0 spiro atoms. The summed E-state index contributed by atoms with van der Waals surface area (Å²) in [7, 11) is 0. The van der Waals surface area contributed by atoms with Crippen LogP contribution in [0.15, 0.2) is 0 Å². The van der Waals surface area contributed by atoms with E-state index < -0.39 is 24.6 Å². The summed E-state index contributed by atoms with van der Waals surface area (Å²) in [6.45, 7) is 3.19. The quantitative estimate of drug-likeness (QED) is 0.137. The average Bonchev–Trinajstić information content (AvgIpc) is 2.90. The summed E-state index contributed by atoms with van der Waals surface area (Å²) in [5.41, 5.74) is 0. The number of aliphatic hydroxyl groups is 1. The second-order valence-corrected chi connectivity index (χ2v) is 8.16. The lowest BCUT2D eigenvalue weighted by Gasteiger charge is -2.14. The van der Waals surface area contributed by atoms with Gasteiger partial charge in [0.05, 0.1) is 6.61 Å². The first-order chi connectivity index (χ1) is 18.1. The third kappa shape index (κ3) is 25.2. The molecule has 0 aliphatic carbocycles. The van der Waals surface area contributed by atoms with E-state index in [0.29, 0.717) is 0 Å². The molecule has 196 valence electrons. The summed E-state index contributed by atoms with van der Waals surface area (Å²) < 4.78 is 10.1. The lowest BCUT2D eigenvalue weighted by atomic mass is 10.0. The number of carbonyl (C=O) groups excluding carboxylic acids is 2. The molecule has 0 bridgehead atoms. The highest BCUT2D eigenvalue weighted by Crippen LogP contribution is 2.12. The molecule has 0 aromatic carbocycles. The Morgan fingerprint density at radius 2 is 1.14 bits per heavy atom. The number of carbonyl (C=O) groups is 2. The van der Waals surface area contributed by atoms with Gasteiger partial charge in [0.15, 0.2) is 6.10 Å². The highest BCUT2D eigenvalue weighted by Gasteiger charge is 2.15. The van der Waals surface area contributed by atoms with Crippen LogP contribution in [0.3, 0.4) is 0 Å². The largest absolute Gasteiger partial charge is 0.456 e. The molecule has 0 aliphatic heterocycles. The second kappa shape index (κ2) is 26.9. The Hall–Kier alpha value is -3.74. The van der Waals surface area contributed by atoms with Gasteiger partial charge in [0.2, 0.25) is 0 Å². The molecule has 0 unspecified atom stereocenters. The van der Waals surface area contributed by atoms with Crippen LogP contribution in [0.2, 0.25) is 0 Å². The Bertz CT molecular complexity index is 1030. The summed E-state index contributed by atoms with van der Waals surface area (Å²) in [4.78, 5) is 23.6. The molecule has 5 nitrogen and oxygen atoms in total. The third-order valence-electron chi connectivity index (χ3n) is 4.99. The van der Waals surface area contributed by atoms with Gasteiger partial charge in [-0.3, -0.25) is 4.79 Å². The van der Waals surface area contributed by atoms with Crippen LogP contribution in [0.4, 0.5) is 0 Å². The smallest absolute Gasteiger partial charge is 0.385 e. The van der Waals surface area contributed by atoms with Gasteiger partial charge in [0.1, 0.15) is 6.61 Å². The SMILES string of the molecule is CC#CC#CC#CC#CC#CC#CC(=O)OC[C@H](CO)OC(=O)CCCCCCCCCCCCCC. The number of hydrogen-bond donors (Lipinski definition) is 1. The normalized spacial score (nSPS) is 9.38. The maximum absolute atomic E-state index is 12.0. The minimum absolute atomic E-state index is 0.277. The summed E-state index contributed by atoms with van der Waals surface area (Å²) in [5, 5.41) is 9.37. The van der Waals surface area contributed by atoms with Crippen molar-refractivity contribution in [2.45, 2.75) is 103 Å². The van der Waals surface area contributed by atoms with E-state index in [1.807, 2.05) is 0 Å². The van der Waals surface area contributed by atoms with Crippen molar-refractivity contribution >= 4 is 11.9 Å².